The largest absolute Gasteiger partial charge is 0.456 e. The average Bonchev–Trinajstić information content (AvgIpc) is 2.12. The van der Waals surface area contributed by atoms with E-state index in [2.05, 4.69) is 0 Å². The number of benzene rings is 1. The van der Waals surface area contributed by atoms with Crippen LogP contribution >= 0.6 is 0 Å². The van der Waals surface area contributed by atoms with Crippen LogP contribution in [0, 0.1) is 6.92 Å². The quantitative estimate of drug-likeness (QED) is 0.714. The van der Waals surface area contributed by atoms with Crippen molar-refractivity contribution in [2.75, 3.05) is 0 Å². The van der Waals surface area contributed by atoms with Crippen molar-refractivity contribution in [2.45, 2.75) is 39.5 Å². The second-order valence-corrected chi connectivity index (χ2v) is 4.98. The van der Waals surface area contributed by atoms with Gasteiger partial charge in [0.25, 0.3) is 0 Å². The number of alkyl halides is 3. The Kier molecular flexibility index (Phi) is 3.74. The van der Waals surface area contributed by atoms with Gasteiger partial charge in [0.2, 0.25) is 0 Å². The van der Waals surface area contributed by atoms with Crippen LogP contribution in [0.15, 0.2) is 18.2 Å². The molecule has 2 nitrogen and oxygen atoms in total. The Morgan fingerprint density at radius 1 is 1.17 bits per heavy atom. The van der Waals surface area contributed by atoms with Crippen LogP contribution in [-0.2, 0) is 10.9 Å². The Hall–Kier alpha value is -1.52. The summed E-state index contributed by atoms with van der Waals surface area (Å²) < 4.78 is 43.1. The average molecular weight is 260 g/mol. The summed E-state index contributed by atoms with van der Waals surface area (Å²) in [6.45, 7) is 6.25. The Bertz CT molecular complexity index is 456. The van der Waals surface area contributed by atoms with Crippen LogP contribution in [-0.4, -0.2) is 11.6 Å². The highest BCUT2D eigenvalue weighted by atomic mass is 19.4. The monoisotopic (exact) mass is 260 g/mol. The van der Waals surface area contributed by atoms with Crippen LogP contribution < -0.4 is 0 Å². The van der Waals surface area contributed by atoms with Gasteiger partial charge >= 0.3 is 12.1 Å². The van der Waals surface area contributed by atoms with Gasteiger partial charge in [-0.15, -0.1) is 0 Å². The number of carbonyl (C=O) groups excluding carboxylic acids is 1. The molecule has 18 heavy (non-hydrogen) atoms. The summed E-state index contributed by atoms with van der Waals surface area (Å²) in [5.74, 6) is -0.744. The fourth-order valence-corrected chi connectivity index (χ4v) is 1.50. The van der Waals surface area contributed by atoms with Gasteiger partial charge in [0.1, 0.15) is 5.60 Å². The molecule has 0 saturated heterocycles. The van der Waals surface area contributed by atoms with Crippen LogP contribution in [0.1, 0.15) is 42.3 Å². The van der Waals surface area contributed by atoms with Gasteiger partial charge in [0.15, 0.2) is 0 Å². The maximum absolute atomic E-state index is 12.7. The fourth-order valence-electron chi connectivity index (χ4n) is 1.50. The van der Waals surface area contributed by atoms with Crippen molar-refractivity contribution < 1.29 is 22.7 Å². The minimum Gasteiger partial charge on any atom is -0.456 e. The summed E-state index contributed by atoms with van der Waals surface area (Å²) in [7, 11) is 0. The van der Waals surface area contributed by atoms with Crippen molar-refractivity contribution >= 4 is 5.97 Å². The predicted molar refractivity (Wildman–Crippen MR) is 61.3 cm³/mol. The van der Waals surface area contributed by atoms with Crippen LogP contribution in [0.5, 0.6) is 0 Å². The Balaban J connectivity index is 3.16. The van der Waals surface area contributed by atoms with Crippen molar-refractivity contribution in [3.8, 4) is 0 Å². The van der Waals surface area contributed by atoms with E-state index in [-0.39, 0.29) is 11.1 Å². The van der Waals surface area contributed by atoms with E-state index in [1.54, 1.807) is 20.8 Å². The molecular weight excluding hydrogens is 245 g/mol. The lowest BCUT2D eigenvalue weighted by molar-refractivity contribution is -0.138. The van der Waals surface area contributed by atoms with Gasteiger partial charge in [-0.25, -0.2) is 4.79 Å². The molecule has 0 spiro atoms. The number of carbonyl (C=O) groups is 1. The van der Waals surface area contributed by atoms with Crippen molar-refractivity contribution in [1.82, 2.24) is 0 Å². The third kappa shape index (κ3) is 3.48. The van der Waals surface area contributed by atoms with Crippen LogP contribution in [0.3, 0.4) is 0 Å². The minimum absolute atomic E-state index is 0.0558. The van der Waals surface area contributed by atoms with Gasteiger partial charge in [0, 0.05) is 0 Å². The third-order valence-corrected chi connectivity index (χ3v) is 2.26. The molecule has 1 aromatic rings. The Morgan fingerprint density at radius 3 is 2.17 bits per heavy atom. The van der Waals surface area contributed by atoms with Gasteiger partial charge in [0.05, 0.1) is 11.1 Å². The summed E-state index contributed by atoms with van der Waals surface area (Å²) in [6, 6.07) is 3.48. The van der Waals surface area contributed by atoms with Crippen LogP contribution in [0.2, 0.25) is 0 Å². The van der Waals surface area contributed by atoms with Gasteiger partial charge in [-0.3, -0.25) is 0 Å². The fraction of sp³-hybridized carbons (Fsp3) is 0.462. The zero-order chi connectivity index (χ0) is 14.1. The second kappa shape index (κ2) is 4.63. The summed E-state index contributed by atoms with van der Waals surface area (Å²) in [5.41, 5.74) is -1.72. The molecule has 0 amide bonds. The van der Waals surface area contributed by atoms with Gasteiger partial charge in [-0.2, -0.15) is 13.2 Å². The number of ether oxygens (including phenoxy) is 1. The summed E-state index contributed by atoms with van der Waals surface area (Å²) in [4.78, 5) is 11.8. The normalized spacial score (nSPS) is 12.4. The maximum Gasteiger partial charge on any atom is 0.416 e. The minimum atomic E-state index is -4.47. The Morgan fingerprint density at radius 2 is 1.72 bits per heavy atom. The Labute approximate surface area is 104 Å². The van der Waals surface area contributed by atoms with E-state index < -0.39 is 23.3 Å². The molecule has 0 aliphatic heterocycles. The molecule has 100 valence electrons. The lowest BCUT2D eigenvalue weighted by atomic mass is 10.0. The molecule has 0 saturated carbocycles. The molecule has 0 N–H and O–H groups in total. The highest BCUT2D eigenvalue weighted by Crippen LogP contribution is 2.33. The molecule has 0 aromatic heterocycles. The first-order chi connectivity index (χ1) is 8.02. The number of esters is 1. The molecule has 0 unspecified atom stereocenters. The van der Waals surface area contributed by atoms with E-state index in [0.717, 1.165) is 6.07 Å². The summed E-state index contributed by atoms with van der Waals surface area (Å²) >= 11 is 0. The lowest BCUT2D eigenvalue weighted by Gasteiger charge is -2.21. The highest BCUT2D eigenvalue weighted by molar-refractivity contribution is 5.91. The molecule has 0 heterocycles. The predicted octanol–water partition coefficient (Wildman–Crippen LogP) is 3.97. The van der Waals surface area contributed by atoms with Crippen molar-refractivity contribution in [3.63, 3.8) is 0 Å². The first kappa shape index (κ1) is 14.5. The smallest absolute Gasteiger partial charge is 0.416 e. The van der Waals surface area contributed by atoms with E-state index in [1.165, 1.54) is 19.1 Å². The molecule has 5 heteroatoms. The molecule has 0 atom stereocenters. The van der Waals surface area contributed by atoms with E-state index in [9.17, 15) is 18.0 Å². The molecular formula is C13H15F3O2. The zero-order valence-corrected chi connectivity index (χ0v) is 10.7. The van der Waals surface area contributed by atoms with Crippen LogP contribution in [0.4, 0.5) is 13.2 Å². The molecule has 1 aromatic carbocycles. The van der Waals surface area contributed by atoms with Crippen molar-refractivity contribution in [3.05, 3.63) is 34.9 Å². The highest BCUT2D eigenvalue weighted by Gasteiger charge is 2.34. The topological polar surface area (TPSA) is 26.3 Å². The number of hydrogen-bond acceptors (Lipinski definition) is 2. The van der Waals surface area contributed by atoms with E-state index in [0.29, 0.717) is 0 Å². The van der Waals surface area contributed by atoms with Crippen LogP contribution in [0.25, 0.3) is 0 Å². The molecule has 0 aliphatic rings. The molecule has 0 bridgehead atoms. The van der Waals surface area contributed by atoms with Gasteiger partial charge in [-0.05, 0) is 45.4 Å². The second-order valence-electron chi connectivity index (χ2n) is 4.98. The maximum atomic E-state index is 12.7. The number of hydrogen-bond donors (Lipinski definition) is 0. The lowest BCUT2D eigenvalue weighted by Crippen LogP contribution is -2.25. The SMILES string of the molecule is Cc1c(C(=O)OC(C)(C)C)cccc1C(F)(F)F. The van der Waals surface area contributed by atoms with E-state index in [1.807, 2.05) is 0 Å². The van der Waals surface area contributed by atoms with E-state index >= 15 is 0 Å². The third-order valence-electron chi connectivity index (χ3n) is 2.26. The molecule has 0 radical (unpaired) electrons. The zero-order valence-electron chi connectivity index (χ0n) is 10.7. The molecule has 0 fully saturated rings. The standard InChI is InChI=1S/C13H15F3O2/c1-8-9(11(17)18-12(2,3)4)6-5-7-10(8)13(14,15)16/h5-7H,1-4H3. The number of halogens is 3. The van der Waals surface area contributed by atoms with Crippen molar-refractivity contribution in [1.29, 1.82) is 0 Å². The first-order valence-electron chi connectivity index (χ1n) is 5.42. The summed E-state index contributed by atoms with van der Waals surface area (Å²) in [5, 5.41) is 0. The first-order valence-corrected chi connectivity index (χ1v) is 5.42. The molecule has 1 rings (SSSR count). The van der Waals surface area contributed by atoms with E-state index in [4.69, 9.17) is 4.74 Å². The number of rotatable bonds is 1. The van der Waals surface area contributed by atoms with Gasteiger partial charge in [-0.1, -0.05) is 6.07 Å². The molecule has 0 aliphatic carbocycles. The summed E-state index contributed by atoms with van der Waals surface area (Å²) in [6.07, 6.45) is -4.47. The van der Waals surface area contributed by atoms with Crippen molar-refractivity contribution in [2.24, 2.45) is 0 Å². The van der Waals surface area contributed by atoms with Gasteiger partial charge < -0.3 is 4.74 Å².